The fraction of sp³-hybridized carbons (Fsp3) is 0.0833. The molecule has 7 heteroatoms. The van der Waals surface area contributed by atoms with Crippen molar-refractivity contribution in [2.45, 2.75) is 12.5 Å². The van der Waals surface area contributed by atoms with Crippen LogP contribution < -0.4 is 5.32 Å². The molecule has 0 fully saturated rings. The molecule has 1 atom stereocenters. The number of aromatic nitrogens is 3. The molecule has 31 heavy (non-hydrogen) atoms. The summed E-state index contributed by atoms with van der Waals surface area (Å²) in [6.45, 7) is 0. The van der Waals surface area contributed by atoms with Crippen molar-refractivity contribution >= 4 is 11.9 Å². The van der Waals surface area contributed by atoms with E-state index in [0.29, 0.717) is 11.4 Å². The highest BCUT2D eigenvalue weighted by atomic mass is 16.4. The second kappa shape index (κ2) is 9.04. The van der Waals surface area contributed by atoms with Crippen molar-refractivity contribution in [1.82, 2.24) is 20.1 Å². The summed E-state index contributed by atoms with van der Waals surface area (Å²) in [5, 5.41) is 16.5. The summed E-state index contributed by atoms with van der Waals surface area (Å²) in [7, 11) is 0. The van der Waals surface area contributed by atoms with E-state index in [9.17, 15) is 14.7 Å². The highest BCUT2D eigenvalue weighted by Crippen LogP contribution is 2.22. The molecule has 7 nitrogen and oxygen atoms in total. The maximum Gasteiger partial charge on any atom is 0.305 e. The fourth-order valence-corrected chi connectivity index (χ4v) is 3.27. The first-order valence-corrected chi connectivity index (χ1v) is 9.77. The minimum atomic E-state index is -1.01. The molecule has 0 spiro atoms. The van der Waals surface area contributed by atoms with Crippen molar-refractivity contribution in [3.63, 3.8) is 0 Å². The molecular formula is C24H20N4O3. The van der Waals surface area contributed by atoms with Gasteiger partial charge in [0.25, 0.3) is 5.91 Å². The first-order valence-electron chi connectivity index (χ1n) is 9.77. The number of para-hydroxylation sites is 1. The average Bonchev–Trinajstić information content (AvgIpc) is 3.26. The quantitative estimate of drug-likeness (QED) is 0.480. The van der Waals surface area contributed by atoms with Crippen LogP contribution in [0.15, 0.2) is 91.0 Å². The number of benzene rings is 3. The van der Waals surface area contributed by atoms with Gasteiger partial charge < -0.3 is 10.4 Å². The number of carbonyl (C=O) groups is 2. The largest absolute Gasteiger partial charge is 0.481 e. The Morgan fingerprint density at radius 3 is 2.06 bits per heavy atom. The van der Waals surface area contributed by atoms with E-state index in [1.165, 1.54) is 0 Å². The maximum atomic E-state index is 13.0. The molecule has 0 aliphatic rings. The Bertz CT molecular complexity index is 1120. The number of hydrogen-bond donors (Lipinski definition) is 2. The molecule has 0 unspecified atom stereocenters. The molecule has 0 aliphatic carbocycles. The normalized spacial score (nSPS) is 11.6. The molecular weight excluding hydrogens is 392 g/mol. The van der Waals surface area contributed by atoms with Gasteiger partial charge in [-0.05, 0) is 17.7 Å². The monoisotopic (exact) mass is 412 g/mol. The highest BCUT2D eigenvalue weighted by Gasteiger charge is 2.23. The zero-order valence-corrected chi connectivity index (χ0v) is 16.6. The standard InChI is InChI=1S/C24H20N4O3/c29-21(30)16-20(17-10-4-1-5-11-17)25-24(31)22-26-23(18-12-6-2-7-13-18)28(27-22)19-14-8-3-9-15-19/h1-15,20H,16H2,(H,25,31)(H,29,30)/t20-/m0/s1. The van der Waals surface area contributed by atoms with Crippen LogP contribution in [-0.2, 0) is 4.79 Å². The van der Waals surface area contributed by atoms with E-state index >= 15 is 0 Å². The molecule has 1 aromatic heterocycles. The van der Waals surface area contributed by atoms with E-state index in [-0.39, 0.29) is 12.2 Å². The summed E-state index contributed by atoms with van der Waals surface area (Å²) in [4.78, 5) is 28.8. The predicted molar refractivity (Wildman–Crippen MR) is 116 cm³/mol. The Morgan fingerprint density at radius 1 is 0.871 bits per heavy atom. The summed E-state index contributed by atoms with van der Waals surface area (Å²) in [5.74, 6) is -1.07. The van der Waals surface area contributed by atoms with E-state index in [1.807, 2.05) is 66.7 Å². The van der Waals surface area contributed by atoms with Crippen LogP contribution in [0.5, 0.6) is 0 Å². The summed E-state index contributed by atoms with van der Waals surface area (Å²) >= 11 is 0. The third kappa shape index (κ3) is 4.67. The van der Waals surface area contributed by atoms with Gasteiger partial charge in [-0.3, -0.25) is 9.59 Å². The van der Waals surface area contributed by atoms with Gasteiger partial charge in [-0.15, -0.1) is 5.10 Å². The molecule has 2 N–H and O–H groups in total. The molecule has 4 rings (SSSR count). The van der Waals surface area contributed by atoms with E-state index in [0.717, 1.165) is 11.3 Å². The number of hydrogen-bond acceptors (Lipinski definition) is 4. The van der Waals surface area contributed by atoms with E-state index < -0.39 is 17.9 Å². The van der Waals surface area contributed by atoms with Gasteiger partial charge in [0.2, 0.25) is 5.82 Å². The van der Waals surface area contributed by atoms with Gasteiger partial charge in [0, 0.05) is 5.56 Å². The Morgan fingerprint density at radius 2 is 1.45 bits per heavy atom. The zero-order chi connectivity index (χ0) is 21.6. The van der Waals surface area contributed by atoms with Crippen LogP contribution in [0.2, 0.25) is 0 Å². The highest BCUT2D eigenvalue weighted by molar-refractivity contribution is 5.91. The molecule has 0 saturated carbocycles. The van der Waals surface area contributed by atoms with Gasteiger partial charge in [-0.1, -0.05) is 78.9 Å². The van der Waals surface area contributed by atoms with Crippen LogP contribution in [0.1, 0.15) is 28.6 Å². The molecule has 4 aromatic rings. The van der Waals surface area contributed by atoms with Crippen LogP contribution in [-0.4, -0.2) is 31.7 Å². The van der Waals surface area contributed by atoms with E-state index in [1.54, 1.807) is 28.9 Å². The molecule has 3 aromatic carbocycles. The number of carboxylic acids is 1. The predicted octanol–water partition coefficient (Wildman–Crippen LogP) is 3.88. The zero-order valence-electron chi connectivity index (χ0n) is 16.6. The molecule has 0 saturated heterocycles. The minimum Gasteiger partial charge on any atom is -0.481 e. The van der Waals surface area contributed by atoms with Crippen LogP contribution in [0.25, 0.3) is 17.1 Å². The Hall–Kier alpha value is -4.26. The van der Waals surface area contributed by atoms with Crippen LogP contribution >= 0.6 is 0 Å². The third-order valence-electron chi connectivity index (χ3n) is 4.73. The molecule has 1 heterocycles. The SMILES string of the molecule is O=C(O)C[C@H](NC(=O)c1nc(-c2ccccc2)n(-c2ccccc2)n1)c1ccccc1. The second-order valence-corrected chi connectivity index (χ2v) is 6.91. The first-order chi connectivity index (χ1) is 15.1. The topological polar surface area (TPSA) is 97.1 Å². The van der Waals surface area contributed by atoms with E-state index in [4.69, 9.17) is 0 Å². The number of nitrogens with zero attached hydrogens (tertiary/aromatic N) is 3. The average molecular weight is 412 g/mol. The van der Waals surface area contributed by atoms with E-state index in [2.05, 4.69) is 15.4 Å². The van der Waals surface area contributed by atoms with Gasteiger partial charge in [-0.2, -0.15) is 0 Å². The lowest BCUT2D eigenvalue weighted by atomic mass is 10.0. The van der Waals surface area contributed by atoms with Crippen molar-refractivity contribution < 1.29 is 14.7 Å². The fourth-order valence-electron chi connectivity index (χ4n) is 3.27. The number of carboxylic acid groups (broad SMARTS) is 1. The second-order valence-electron chi connectivity index (χ2n) is 6.91. The molecule has 154 valence electrons. The molecule has 0 aliphatic heterocycles. The third-order valence-corrected chi connectivity index (χ3v) is 4.73. The van der Waals surface area contributed by atoms with Crippen molar-refractivity contribution in [2.75, 3.05) is 0 Å². The number of rotatable bonds is 7. The lowest BCUT2D eigenvalue weighted by Gasteiger charge is -2.16. The van der Waals surface area contributed by atoms with Crippen molar-refractivity contribution in [2.24, 2.45) is 0 Å². The molecule has 0 bridgehead atoms. The van der Waals surface area contributed by atoms with Gasteiger partial charge >= 0.3 is 5.97 Å². The summed E-state index contributed by atoms with van der Waals surface area (Å²) in [6, 6.07) is 27.1. The smallest absolute Gasteiger partial charge is 0.305 e. The number of carbonyl (C=O) groups excluding carboxylic acids is 1. The van der Waals surface area contributed by atoms with Crippen LogP contribution in [0.3, 0.4) is 0 Å². The Balaban J connectivity index is 1.69. The van der Waals surface area contributed by atoms with Crippen molar-refractivity contribution in [1.29, 1.82) is 0 Å². The minimum absolute atomic E-state index is 0.0333. The maximum absolute atomic E-state index is 13.0. The van der Waals surface area contributed by atoms with Crippen molar-refractivity contribution in [3.8, 4) is 17.1 Å². The van der Waals surface area contributed by atoms with Gasteiger partial charge in [0.1, 0.15) is 0 Å². The van der Waals surface area contributed by atoms with Crippen LogP contribution in [0, 0.1) is 0 Å². The first kappa shape index (κ1) is 20.0. The lowest BCUT2D eigenvalue weighted by Crippen LogP contribution is -2.31. The number of nitrogens with one attached hydrogen (secondary N) is 1. The summed E-state index contributed by atoms with van der Waals surface area (Å²) < 4.78 is 1.61. The van der Waals surface area contributed by atoms with Gasteiger partial charge in [0.05, 0.1) is 18.2 Å². The Kier molecular flexibility index (Phi) is 5.84. The van der Waals surface area contributed by atoms with Crippen molar-refractivity contribution in [3.05, 3.63) is 102 Å². The molecule has 0 radical (unpaired) electrons. The lowest BCUT2D eigenvalue weighted by molar-refractivity contribution is -0.137. The van der Waals surface area contributed by atoms with Crippen LogP contribution in [0.4, 0.5) is 0 Å². The van der Waals surface area contributed by atoms with Gasteiger partial charge in [-0.25, -0.2) is 9.67 Å². The Labute approximate surface area is 179 Å². The number of amides is 1. The summed E-state index contributed by atoms with van der Waals surface area (Å²) in [5.41, 5.74) is 2.27. The number of aliphatic carboxylic acids is 1. The van der Waals surface area contributed by atoms with Gasteiger partial charge in [0.15, 0.2) is 5.82 Å². The molecule has 1 amide bonds. The summed E-state index contributed by atoms with van der Waals surface area (Å²) in [6.07, 6.45) is -0.249.